The quantitative estimate of drug-likeness (QED) is 0.378. The molecule has 0 spiro atoms. The molecule has 0 aliphatic carbocycles. The second-order valence-electron chi connectivity index (χ2n) is 0.615. The Morgan fingerprint density at radius 1 is 1.00 bits per heavy atom. The molecule has 0 aromatic carbocycles. The molecular formula is C3H2MgO8. The van der Waals surface area contributed by atoms with Crippen molar-refractivity contribution in [2.24, 2.45) is 0 Å². The van der Waals surface area contributed by atoms with Gasteiger partial charge in [-0.05, 0) is 0 Å². The molecule has 0 heterocycles. The zero-order valence-electron chi connectivity index (χ0n) is 5.55. The molecule has 0 aromatic heterocycles. The molecule has 0 saturated carbocycles. The summed E-state index contributed by atoms with van der Waals surface area (Å²) in [5.41, 5.74) is 0. The van der Waals surface area contributed by atoms with Gasteiger partial charge < -0.3 is 30.0 Å². The van der Waals surface area contributed by atoms with E-state index < -0.39 is 12.3 Å². The van der Waals surface area contributed by atoms with E-state index in [1.807, 2.05) is 0 Å². The van der Waals surface area contributed by atoms with E-state index in [0.717, 1.165) is 0 Å². The van der Waals surface area contributed by atoms with Crippen LogP contribution in [0.15, 0.2) is 0 Å². The van der Waals surface area contributed by atoms with Crippen LogP contribution < -0.4 is 10.2 Å². The monoisotopic (exact) mass is 190 g/mol. The fourth-order valence-corrected chi connectivity index (χ4v) is 0. The van der Waals surface area contributed by atoms with Crippen molar-refractivity contribution in [3.63, 3.8) is 0 Å². The van der Waals surface area contributed by atoms with Crippen molar-refractivity contribution in [1.29, 1.82) is 0 Å². The van der Waals surface area contributed by atoms with Gasteiger partial charge in [0, 0.05) is 0 Å². The van der Waals surface area contributed by atoms with Gasteiger partial charge in [0.1, 0.15) is 0 Å². The minimum absolute atomic E-state index is 0. The van der Waals surface area contributed by atoms with Crippen molar-refractivity contribution >= 4 is 41.5 Å². The summed E-state index contributed by atoms with van der Waals surface area (Å²) in [6.45, 7) is 0. The van der Waals surface area contributed by atoms with Crippen molar-refractivity contribution < 1.29 is 39.6 Å². The summed E-state index contributed by atoms with van der Waals surface area (Å²) in [7, 11) is 0. The van der Waals surface area contributed by atoms with E-state index in [1.165, 1.54) is 0 Å². The minimum Gasteiger partial charge on any atom is -0.565 e. The van der Waals surface area contributed by atoms with Gasteiger partial charge in [0.05, 0.1) is 0 Å². The van der Waals surface area contributed by atoms with Crippen LogP contribution in [0, 0.1) is 0 Å². The fourth-order valence-electron chi connectivity index (χ4n) is 0. The van der Waals surface area contributed by atoms with E-state index in [2.05, 4.69) is 0 Å². The van der Waals surface area contributed by atoms with Crippen molar-refractivity contribution in [3.05, 3.63) is 0 Å². The van der Waals surface area contributed by atoms with E-state index >= 15 is 0 Å². The van der Waals surface area contributed by atoms with Crippen LogP contribution in [0.5, 0.6) is 0 Å². The van der Waals surface area contributed by atoms with Gasteiger partial charge in [0.2, 0.25) is 12.3 Å². The summed E-state index contributed by atoms with van der Waals surface area (Å²) in [5, 5.41) is 30.6. The molecule has 2 N–H and O–H groups in total. The van der Waals surface area contributed by atoms with Gasteiger partial charge in [0.25, 0.3) is 0 Å². The molecule has 0 fully saturated rings. The Bertz CT molecular complexity index is 126. The normalized spacial score (nSPS) is 4.67. The second-order valence-corrected chi connectivity index (χ2v) is 0.615. The van der Waals surface area contributed by atoms with E-state index in [1.54, 1.807) is 0 Å². The zero-order chi connectivity index (χ0) is 9.86. The molecule has 0 aliphatic rings. The molecule has 0 atom stereocenters. The van der Waals surface area contributed by atoms with Gasteiger partial charge in [-0.1, -0.05) is 0 Å². The standard InChI is InChI=1S/2CH2O3.CO2.Mg/c2*2-1(3)4;2-1-3;/h2*(H2,2,3,4);;/q;;;+2/p-2. The van der Waals surface area contributed by atoms with Crippen molar-refractivity contribution in [2.75, 3.05) is 0 Å². The first-order valence-corrected chi connectivity index (χ1v) is 1.67. The number of carbonyl (C=O) groups excluding carboxylic acids is 2. The molecule has 0 amide bonds. The largest absolute Gasteiger partial charge is 2.00 e. The maximum absolute atomic E-state index is 8.44. The van der Waals surface area contributed by atoms with Crippen molar-refractivity contribution in [2.45, 2.75) is 0 Å². The van der Waals surface area contributed by atoms with Crippen LogP contribution >= 0.6 is 0 Å². The third-order valence-corrected chi connectivity index (χ3v) is 0. The van der Waals surface area contributed by atoms with Crippen LogP contribution in [-0.4, -0.2) is 51.7 Å². The van der Waals surface area contributed by atoms with E-state index in [4.69, 9.17) is 39.6 Å². The molecule has 8 nitrogen and oxygen atoms in total. The molecular weight excluding hydrogens is 188 g/mol. The van der Waals surface area contributed by atoms with Gasteiger partial charge in [-0.15, -0.1) is 0 Å². The summed E-state index contributed by atoms with van der Waals surface area (Å²) in [6, 6.07) is 0. The number of carboxylic acid groups (broad SMARTS) is 4. The van der Waals surface area contributed by atoms with Gasteiger partial charge in [-0.2, -0.15) is 9.59 Å². The number of hydrogen-bond donors (Lipinski definition) is 2. The summed E-state index contributed by atoms with van der Waals surface area (Å²) in [5.74, 6) is 0. The van der Waals surface area contributed by atoms with Gasteiger partial charge in [-0.3, -0.25) is 0 Å². The van der Waals surface area contributed by atoms with E-state index in [9.17, 15) is 0 Å². The molecule has 12 heavy (non-hydrogen) atoms. The predicted molar refractivity (Wildman–Crippen MR) is 26.8 cm³/mol. The number of carbonyl (C=O) groups is 2. The van der Waals surface area contributed by atoms with Crippen molar-refractivity contribution in [3.8, 4) is 0 Å². The average molecular weight is 190 g/mol. The maximum Gasteiger partial charge on any atom is 2.00 e. The van der Waals surface area contributed by atoms with E-state index in [0.29, 0.717) is 0 Å². The molecule has 9 heteroatoms. The fraction of sp³-hybridized carbons (Fsp3) is 0. The Morgan fingerprint density at radius 3 is 1.00 bits per heavy atom. The SMILES string of the molecule is O=C([O-])O.O=C([O-])O.O=C=O.[Mg+2]. The summed E-state index contributed by atoms with van der Waals surface area (Å²) in [6.07, 6.45) is -3.92. The molecule has 0 aliphatic heterocycles. The van der Waals surface area contributed by atoms with Crippen LogP contribution in [0.2, 0.25) is 0 Å². The Balaban J connectivity index is -0.0000000389. The molecule has 0 saturated heterocycles. The molecule has 0 rings (SSSR count). The van der Waals surface area contributed by atoms with Crippen molar-refractivity contribution in [1.82, 2.24) is 0 Å². The summed E-state index contributed by atoms with van der Waals surface area (Å²) >= 11 is 0. The van der Waals surface area contributed by atoms with Crippen LogP contribution in [-0.2, 0) is 9.59 Å². The first kappa shape index (κ1) is 22.4. The smallest absolute Gasteiger partial charge is 0.565 e. The van der Waals surface area contributed by atoms with Crippen LogP contribution in [0.25, 0.3) is 0 Å². The second kappa shape index (κ2) is 22.6. The summed E-state index contributed by atoms with van der Waals surface area (Å²) in [4.78, 5) is 33.1. The van der Waals surface area contributed by atoms with Crippen LogP contribution in [0.1, 0.15) is 0 Å². The Kier molecular flexibility index (Phi) is 42.2. The molecule has 0 radical (unpaired) electrons. The topological polar surface area (TPSA) is 155 Å². The minimum atomic E-state index is -2.08. The number of hydrogen-bond acceptors (Lipinski definition) is 6. The van der Waals surface area contributed by atoms with Gasteiger partial charge in [-0.25, -0.2) is 0 Å². The summed E-state index contributed by atoms with van der Waals surface area (Å²) < 4.78 is 0. The molecule has 0 bridgehead atoms. The first-order valence-electron chi connectivity index (χ1n) is 1.67. The average Bonchev–Trinajstić information content (AvgIpc) is 1.60. The molecule has 0 aromatic rings. The molecule has 64 valence electrons. The van der Waals surface area contributed by atoms with Crippen LogP contribution in [0.3, 0.4) is 0 Å². The predicted octanol–water partition coefficient (Wildman–Crippen LogP) is -3.19. The molecule has 0 unspecified atom stereocenters. The third-order valence-electron chi connectivity index (χ3n) is 0. The van der Waals surface area contributed by atoms with Crippen LogP contribution in [0.4, 0.5) is 9.59 Å². The zero-order valence-corrected chi connectivity index (χ0v) is 6.97. The van der Waals surface area contributed by atoms with Gasteiger partial charge in [0.15, 0.2) is 0 Å². The van der Waals surface area contributed by atoms with E-state index in [-0.39, 0.29) is 29.2 Å². The Hall–Kier alpha value is -1.31. The Labute approximate surface area is 81.6 Å². The van der Waals surface area contributed by atoms with Gasteiger partial charge >= 0.3 is 29.2 Å². The maximum atomic E-state index is 8.44. The third kappa shape index (κ3) is 297. The number of rotatable bonds is 0. The first-order chi connectivity index (χ1) is 4.88. The Morgan fingerprint density at radius 2 is 1.00 bits per heavy atom.